The van der Waals surface area contributed by atoms with Crippen LogP contribution in [0.15, 0.2) is 30.3 Å². The zero-order valence-electron chi connectivity index (χ0n) is 16.8. The Hall–Kier alpha value is -3.23. The number of alkyl halides is 3. The zero-order valence-corrected chi connectivity index (χ0v) is 16.8. The first kappa shape index (κ1) is 23.1. The molecule has 1 amide bonds. The number of carbonyl (C=O) groups is 2. The molecule has 162 valence electrons. The summed E-state index contributed by atoms with van der Waals surface area (Å²) in [5, 5.41) is 14.0. The van der Waals surface area contributed by atoms with E-state index in [9.17, 15) is 22.8 Å². The lowest BCUT2D eigenvalue weighted by Gasteiger charge is -2.16. The third-order valence-corrected chi connectivity index (χ3v) is 4.14. The van der Waals surface area contributed by atoms with Crippen molar-refractivity contribution in [3.8, 4) is 5.75 Å². The molecule has 0 unspecified atom stereocenters. The predicted molar refractivity (Wildman–Crippen MR) is 107 cm³/mol. The molecule has 6 nitrogen and oxygen atoms in total. The Bertz CT molecular complexity index is 919. The number of rotatable bonds is 8. The van der Waals surface area contributed by atoms with Gasteiger partial charge in [0, 0.05) is 17.9 Å². The Labute approximate surface area is 172 Å². The minimum absolute atomic E-state index is 0.0747. The van der Waals surface area contributed by atoms with Gasteiger partial charge >= 0.3 is 12.1 Å². The maximum Gasteiger partial charge on any atom is 0.416 e. The first-order valence-electron chi connectivity index (χ1n) is 9.20. The monoisotopic (exact) mass is 424 g/mol. The van der Waals surface area contributed by atoms with E-state index in [4.69, 9.17) is 9.84 Å². The van der Waals surface area contributed by atoms with E-state index in [1.807, 2.05) is 0 Å². The molecule has 0 heterocycles. The Balaban J connectivity index is 2.20. The fourth-order valence-electron chi connectivity index (χ4n) is 2.99. The highest BCUT2D eigenvalue weighted by Gasteiger charge is 2.31. The Kier molecular flexibility index (Phi) is 7.31. The number of amides is 1. The molecule has 2 aromatic carbocycles. The van der Waals surface area contributed by atoms with Gasteiger partial charge in [0.25, 0.3) is 0 Å². The van der Waals surface area contributed by atoms with E-state index in [-0.39, 0.29) is 6.61 Å². The van der Waals surface area contributed by atoms with E-state index in [1.54, 1.807) is 39.0 Å². The third kappa shape index (κ3) is 6.40. The molecular formula is C21H23F3N2O4. The van der Waals surface area contributed by atoms with Crippen molar-refractivity contribution in [2.24, 2.45) is 0 Å². The van der Waals surface area contributed by atoms with E-state index in [0.717, 1.165) is 12.1 Å². The molecule has 0 saturated heterocycles. The first-order valence-corrected chi connectivity index (χ1v) is 9.20. The highest BCUT2D eigenvalue weighted by atomic mass is 19.4. The van der Waals surface area contributed by atoms with Crippen LogP contribution in [0.3, 0.4) is 0 Å². The summed E-state index contributed by atoms with van der Waals surface area (Å²) in [5.74, 6) is -1.41. The van der Waals surface area contributed by atoms with Crippen LogP contribution in [0.4, 0.5) is 24.5 Å². The van der Waals surface area contributed by atoms with Crippen LogP contribution in [0, 0.1) is 13.8 Å². The smallest absolute Gasteiger partial charge is 0.416 e. The van der Waals surface area contributed by atoms with Crippen LogP contribution in [-0.2, 0) is 22.4 Å². The van der Waals surface area contributed by atoms with Gasteiger partial charge in [-0.2, -0.15) is 13.2 Å². The molecule has 0 atom stereocenters. The molecule has 0 aliphatic heterocycles. The van der Waals surface area contributed by atoms with Crippen molar-refractivity contribution < 1.29 is 32.6 Å². The summed E-state index contributed by atoms with van der Waals surface area (Å²) in [6.07, 6.45) is -5.12. The van der Waals surface area contributed by atoms with Crippen molar-refractivity contribution in [2.45, 2.75) is 40.0 Å². The number of aryl methyl sites for hydroxylation is 2. The number of nitrogens with one attached hydrogen (secondary N) is 2. The largest absolute Gasteiger partial charge is 0.488 e. The SMILES string of the molecule is CCNc1cc(COc2c(C)cc(NC(=O)CC(=O)O)cc2C)cc(C(F)(F)F)c1. The fourth-order valence-corrected chi connectivity index (χ4v) is 2.99. The maximum absolute atomic E-state index is 13.2. The number of carbonyl (C=O) groups excluding carboxylic acids is 1. The van der Waals surface area contributed by atoms with Crippen LogP contribution in [-0.4, -0.2) is 23.5 Å². The number of halogens is 3. The van der Waals surface area contributed by atoms with Gasteiger partial charge in [0.2, 0.25) is 5.91 Å². The highest BCUT2D eigenvalue weighted by molar-refractivity contribution is 6.01. The number of carboxylic acid groups (broad SMARTS) is 1. The number of anilines is 2. The second-order valence-corrected chi connectivity index (χ2v) is 6.79. The summed E-state index contributed by atoms with van der Waals surface area (Å²) in [4.78, 5) is 22.2. The average Bonchev–Trinajstić information content (AvgIpc) is 2.59. The summed E-state index contributed by atoms with van der Waals surface area (Å²) in [7, 11) is 0. The zero-order chi connectivity index (χ0) is 22.5. The van der Waals surface area contributed by atoms with Gasteiger partial charge in [-0.25, -0.2) is 0 Å². The topological polar surface area (TPSA) is 87.7 Å². The minimum Gasteiger partial charge on any atom is -0.488 e. The number of hydrogen-bond donors (Lipinski definition) is 3. The molecule has 0 spiro atoms. The molecular weight excluding hydrogens is 401 g/mol. The number of aliphatic carboxylic acids is 1. The Morgan fingerprint density at radius 2 is 1.67 bits per heavy atom. The average molecular weight is 424 g/mol. The lowest BCUT2D eigenvalue weighted by molar-refractivity contribution is -0.140. The maximum atomic E-state index is 13.2. The van der Waals surface area contributed by atoms with Crippen molar-refractivity contribution in [1.29, 1.82) is 0 Å². The fraction of sp³-hybridized carbons (Fsp3) is 0.333. The molecule has 0 saturated carbocycles. The highest BCUT2D eigenvalue weighted by Crippen LogP contribution is 2.33. The van der Waals surface area contributed by atoms with E-state index in [2.05, 4.69) is 10.6 Å². The predicted octanol–water partition coefficient (Wildman–Crippen LogP) is 4.75. The Morgan fingerprint density at radius 3 is 2.20 bits per heavy atom. The minimum atomic E-state index is -4.47. The van der Waals surface area contributed by atoms with Crippen molar-refractivity contribution in [2.75, 3.05) is 17.2 Å². The van der Waals surface area contributed by atoms with Gasteiger partial charge in [0.1, 0.15) is 18.8 Å². The van der Waals surface area contributed by atoms with Crippen molar-refractivity contribution >= 4 is 23.3 Å². The van der Waals surface area contributed by atoms with Gasteiger partial charge in [0.15, 0.2) is 0 Å². The van der Waals surface area contributed by atoms with Crippen LogP contribution in [0.5, 0.6) is 5.75 Å². The normalized spacial score (nSPS) is 11.1. The quantitative estimate of drug-likeness (QED) is 0.533. The summed E-state index contributed by atoms with van der Waals surface area (Å²) < 4.78 is 45.3. The van der Waals surface area contributed by atoms with Crippen molar-refractivity contribution in [3.05, 3.63) is 52.6 Å². The summed E-state index contributed by atoms with van der Waals surface area (Å²) >= 11 is 0. The lowest BCUT2D eigenvalue weighted by atomic mass is 10.1. The van der Waals surface area contributed by atoms with Gasteiger partial charge in [-0.1, -0.05) is 0 Å². The second kappa shape index (κ2) is 9.51. The van der Waals surface area contributed by atoms with E-state index in [0.29, 0.717) is 40.4 Å². The number of ether oxygens (including phenoxy) is 1. The molecule has 0 aliphatic carbocycles. The number of carboxylic acids is 1. The lowest BCUT2D eigenvalue weighted by Crippen LogP contribution is -2.16. The van der Waals surface area contributed by atoms with Gasteiger partial charge in [-0.3, -0.25) is 9.59 Å². The van der Waals surface area contributed by atoms with Crippen LogP contribution < -0.4 is 15.4 Å². The van der Waals surface area contributed by atoms with E-state index < -0.39 is 30.0 Å². The van der Waals surface area contributed by atoms with Crippen LogP contribution in [0.2, 0.25) is 0 Å². The third-order valence-electron chi connectivity index (χ3n) is 4.14. The molecule has 3 N–H and O–H groups in total. The standard InChI is InChI=1S/C21H23F3N2O4/c1-4-25-16-8-14(7-15(9-16)21(22,23)24)11-30-20-12(2)5-17(6-13(20)3)26-18(27)10-19(28)29/h5-9,25H,4,10-11H2,1-3H3,(H,26,27)(H,28,29). The molecule has 2 aromatic rings. The number of hydrogen-bond acceptors (Lipinski definition) is 4. The summed E-state index contributed by atoms with van der Waals surface area (Å²) in [5.41, 5.74) is 1.68. The molecule has 0 fully saturated rings. The summed E-state index contributed by atoms with van der Waals surface area (Å²) in [6, 6.07) is 6.92. The first-order chi connectivity index (χ1) is 14.0. The molecule has 30 heavy (non-hydrogen) atoms. The van der Waals surface area contributed by atoms with Gasteiger partial charge in [0.05, 0.1) is 5.56 Å². The molecule has 0 radical (unpaired) electrons. The molecule has 9 heteroatoms. The van der Waals surface area contributed by atoms with Crippen molar-refractivity contribution in [3.63, 3.8) is 0 Å². The van der Waals surface area contributed by atoms with Crippen LogP contribution in [0.25, 0.3) is 0 Å². The van der Waals surface area contributed by atoms with Gasteiger partial charge < -0.3 is 20.5 Å². The molecule has 2 rings (SSSR count). The molecule has 0 aliphatic rings. The summed E-state index contributed by atoms with van der Waals surface area (Å²) in [6.45, 7) is 5.65. The Morgan fingerprint density at radius 1 is 1.03 bits per heavy atom. The molecule has 0 bridgehead atoms. The van der Waals surface area contributed by atoms with E-state index in [1.165, 1.54) is 0 Å². The second-order valence-electron chi connectivity index (χ2n) is 6.79. The molecule has 0 aromatic heterocycles. The van der Waals surface area contributed by atoms with E-state index >= 15 is 0 Å². The van der Waals surface area contributed by atoms with Gasteiger partial charge in [-0.05, 0) is 67.8 Å². The van der Waals surface area contributed by atoms with Crippen molar-refractivity contribution in [1.82, 2.24) is 0 Å². The van der Waals surface area contributed by atoms with Gasteiger partial charge in [-0.15, -0.1) is 0 Å². The van der Waals surface area contributed by atoms with Crippen LogP contribution >= 0.6 is 0 Å². The number of benzene rings is 2. The van der Waals surface area contributed by atoms with Crippen LogP contribution in [0.1, 0.15) is 35.6 Å².